The highest BCUT2D eigenvalue weighted by Gasteiger charge is 2.44. The zero-order valence-corrected chi connectivity index (χ0v) is 19.8. The molecule has 3 aromatic rings. The molecule has 0 unspecified atom stereocenters. The maximum atomic E-state index is 14.5. The molecule has 2 fully saturated rings. The number of rotatable bonds is 6. The maximum absolute atomic E-state index is 14.5. The van der Waals surface area contributed by atoms with Crippen molar-refractivity contribution in [2.45, 2.75) is 49.3 Å². The van der Waals surface area contributed by atoms with Crippen LogP contribution in [0.4, 0.5) is 13.2 Å². The van der Waals surface area contributed by atoms with Crippen LogP contribution in [0.3, 0.4) is 0 Å². The van der Waals surface area contributed by atoms with Crippen molar-refractivity contribution >= 4 is 10.0 Å². The first-order valence-corrected chi connectivity index (χ1v) is 13.1. The molecule has 35 heavy (non-hydrogen) atoms. The van der Waals surface area contributed by atoms with E-state index in [1.165, 1.54) is 25.0 Å². The summed E-state index contributed by atoms with van der Waals surface area (Å²) in [5, 5.41) is 5.09. The Morgan fingerprint density at radius 3 is 2.54 bits per heavy atom. The van der Waals surface area contributed by atoms with Gasteiger partial charge in [0, 0.05) is 41.8 Å². The van der Waals surface area contributed by atoms with Gasteiger partial charge in [-0.15, -0.1) is 0 Å². The third kappa shape index (κ3) is 5.47. The number of halogens is 3. The number of H-pyrrole nitrogens is 1. The van der Waals surface area contributed by atoms with Crippen LogP contribution in [0.5, 0.6) is 0 Å². The summed E-state index contributed by atoms with van der Waals surface area (Å²) in [6.07, 6.45) is 5.22. The number of aromatic nitrogens is 1. The summed E-state index contributed by atoms with van der Waals surface area (Å²) in [4.78, 5) is 2.86. The standard InChI is InChI=1S/C27H25F3N2O2S/c28-24-12-19(8-9-26(24)35(31,33)34)11-22-23(16-32-25(22)13-18-4-5-18)21-3-1-2-17(10-21)6-7-20-14-27(29,30)15-20/h1-3,8-10,12,16,18,20,32H,4-5,11,13-15H2,(H2,31,33,34). The Balaban J connectivity index is 1.45. The Bertz CT molecular complexity index is 1440. The van der Waals surface area contributed by atoms with E-state index < -0.39 is 26.7 Å². The van der Waals surface area contributed by atoms with Gasteiger partial charge in [0.05, 0.1) is 0 Å². The molecule has 0 bridgehead atoms. The summed E-state index contributed by atoms with van der Waals surface area (Å²) in [7, 11) is -4.14. The van der Waals surface area contributed by atoms with Crippen molar-refractivity contribution < 1.29 is 21.6 Å². The van der Waals surface area contributed by atoms with Crippen LogP contribution in [0.25, 0.3) is 11.1 Å². The van der Waals surface area contributed by atoms with E-state index in [1.54, 1.807) is 6.07 Å². The van der Waals surface area contributed by atoms with Crippen molar-refractivity contribution in [3.63, 3.8) is 0 Å². The van der Waals surface area contributed by atoms with Gasteiger partial charge in [-0.3, -0.25) is 0 Å². The minimum absolute atomic E-state index is 0.188. The molecule has 0 spiro atoms. The minimum atomic E-state index is -4.14. The summed E-state index contributed by atoms with van der Waals surface area (Å²) in [5.41, 5.74) is 5.35. The first-order chi connectivity index (χ1) is 16.6. The molecule has 4 nitrogen and oxygen atoms in total. The lowest BCUT2D eigenvalue weighted by molar-refractivity contribution is -0.0936. The SMILES string of the molecule is NS(=O)(=O)c1ccc(Cc2c(-c3cccc(C#CC4CC(F)(F)C4)c3)c[nH]c2CC2CC2)cc1F. The van der Waals surface area contributed by atoms with Gasteiger partial charge in [-0.25, -0.2) is 26.7 Å². The van der Waals surface area contributed by atoms with Crippen molar-refractivity contribution in [1.29, 1.82) is 0 Å². The van der Waals surface area contributed by atoms with Crippen LogP contribution < -0.4 is 5.14 Å². The monoisotopic (exact) mass is 498 g/mol. The lowest BCUT2D eigenvalue weighted by Crippen LogP contribution is -2.34. The van der Waals surface area contributed by atoms with Gasteiger partial charge >= 0.3 is 0 Å². The molecular weight excluding hydrogens is 473 g/mol. The summed E-state index contributed by atoms with van der Waals surface area (Å²) in [5.74, 6) is 2.86. The fourth-order valence-electron chi connectivity index (χ4n) is 4.55. The smallest absolute Gasteiger partial charge is 0.250 e. The predicted octanol–water partition coefficient (Wildman–Crippen LogP) is 5.41. The number of primary sulfonamides is 1. The second-order valence-corrected chi connectivity index (χ2v) is 11.1. The average molecular weight is 499 g/mol. The number of sulfonamides is 1. The van der Waals surface area contributed by atoms with Gasteiger partial charge in [0.1, 0.15) is 10.7 Å². The van der Waals surface area contributed by atoms with Crippen LogP contribution in [-0.2, 0) is 22.9 Å². The Morgan fingerprint density at radius 1 is 1.11 bits per heavy atom. The zero-order chi connectivity index (χ0) is 24.8. The van der Waals surface area contributed by atoms with Gasteiger partial charge < -0.3 is 4.98 Å². The number of hydrogen-bond acceptors (Lipinski definition) is 2. The molecule has 0 aliphatic heterocycles. The fraction of sp³-hybridized carbons (Fsp3) is 0.333. The molecule has 0 radical (unpaired) electrons. The molecule has 0 amide bonds. The fourth-order valence-corrected chi connectivity index (χ4v) is 5.14. The number of aromatic amines is 1. The Hall–Kier alpha value is -3.02. The van der Waals surface area contributed by atoms with E-state index in [0.29, 0.717) is 17.9 Å². The van der Waals surface area contributed by atoms with Gasteiger partial charge in [0.15, 0.2) is 0 Å². The zero-order valence-electron chi connectivity index (χ0n) is 19.0. The van der Waals surface area contributed by atoms with Crippen LogP contribution in [-0.4, -0.2) is 19.3 Å². The van der Waals surface area contributed by atoms with E-state index >= 15 is 0 Å². The Morgan fingerprint density at radius 2 is 1.89 bits per heavy atom. The molecule has 8 heteroatoms. The van der Waals surface area contributed by atoms with Crippen molar-refractivity contribution in [2.24, 2.45) is 17.0 Å². The van der Waals surface area contributed by atoms with Gasteiger partial charge in [0.25, 0.3) is 5.92 Å². The molecule has 0 saturated heterocycles. The first-order valence-electron chi connectivity index (χ1n) is 11.6. The van der Waals surface area contributed by atoms with E-state index in [4.69, 9.17) is 5.14 Å². The molecule has 2 saturated carbocycles. The van der Waals surface area contributed by atoms with Crippen LogP contribution in [0.1, 0.15) is 48.1 Å². The van der Waals surface area contributed by atoms with Crippen LogP contribution in [0.15, 0.2) is 53.6 Å². The van der Waals surface area contributed by atoms with Gasteiger partial charge in [-0.2, -0.15) is 0 Å². The molecule has 2 aliphatic rings. The molecule has 1 heterocycles. The predicted molar refractivity (Wildman–Crippen MR) is 128 cm³/mol. The minimum Gasteiger partial charge on any atom is -0.364 e. The van der Waals surface area contributed by atoms with Crippen LogP contribution in [0.2, 0.25) is 0 Å². The maximum Gasteiger partial charge on any atom is 0.250 e. The first kappa shape index (κ1) is 23.7. The number of nitrogens with two attached hydrogens (primary N) is 1. The van der Waals surface area contributed by atoms with E-state index in [2.05, 4.69) is 16.8 Å². The van der Waals surface area contributed by atoms with Crippen molar-refractivity contribution in [1.82, 2.24) is 4.98 Å². The highest BCUT2D eigenvalue weighted by molar-refractivity contribution is 7.89. The number of nitrogens with one attached hydrogen (secondary N) is 1. The third-order valence-electron chi connectivity index (χ3n) is 6.64. The Labute approximate surface area is 202 Å². The summed E-state index contributed by atoms with van der Waals surface area (Å²) in [6.45, 7) is 0. The molecule has 5 rings (SSSR count). The number of alkyl halides is 2. The highest BCUT2D eigenvalue weighted by Crippen LogP contribution is 2.42. The van der Waals surface area contributed by atoms with Crippen LogP contribution in [0, 0.1) is 29.5 Å². The van der Waals surface area contributed by atoms with Gasteiger partial charge in [-0.05, 0) is 72.6 Å². The van der Waals surface area contributed by atoms with Crippen molar-refractivity contribution in [3.8, 4) is 23.0 Å². The van der Waals surface area contributed by atoms with Crippen LogP contribution >= 0.6 is 0 Å². The molecule has 1 aromatic heterocycles. The summed E-state index contributed by atoms with van der Waals surface area (Å²) in [6, 6.07) is 11.6. The average Bonchev–Trinajstić information content (AvgIpc) is 3.50. The largest absolute Gasteiger partial charge is 0.364 e. The molecule has 182 valence electrons. The van der Waals surface area contributed by atoms with Gasteiger partial charge in [0.2, 0.25) is 10.0 Å². The Kier molecular flexibility index (Phi) is 6.02. The summed E-state index contributed by atoms with van der Waals surface area (Å²) >= 11 is 0. The highest BCUT2D eigenvalue weighted by atomic mass is 32.2. The molecule has 3 N–H and O–H groups in total. The van der Waals surface area contributed by atoms with E-state index in [1.807, 2.05) is 30.5 Å². The molecule has 0 atom stereocenters. The van der Waals surface area contributed by atoms with Crippen molar-refractivity contribution in [2.75, 3.05) is 0 Å². The number of hydrogen-bond donors (Lipinski definition) is 2. The second-order valence-electron chi connectivity index (χ2n) is 9.60. The lowest BCUT2D eigenvalue weighted by atomic mass is 9.82. The van der Waals surface area contributed by atoms with E-state index in [9.17, 15) is 21.6 Å². The normalized spacial score (nSPS) is 17.5. The topological polar surface area (TPSA) is 76.0 Å². The van der Waals surface area contributed by atoms with E-state index in [-0.39, 0.29) is 18.8 Å². The summed E-state index contributed by atoms with van der Waals surface area (Å²) < 4.78 is 63.8. The van der Waals surface area contributed by atoms with Gasteiger partial charge in [-0.1, -0.05) is 30.0 Å². The molecule has 2 aliphatic carbocycles. The lowest BCUT2D eigenvalue weighted by Gasteiger charge is -2.31. The molecular formula is C27H25F3N2O2S. The third-order valence-corrected chi connectivity index (χ3v) is 7.58. The van der Waals surface area contributed by atoms with Crippen molar-refractivity contribution in [3.05, 3.63) is 76.9 Å². The quantitative estimate of drug-likeness (QED) is 0.446. The number of benzene rings is 2. The second kappa shape index (κ2) is 8.89. The van der Waals surface area contributed by atoms with E-state index in [0.717, 1.165) is 34.4 Å². The molecule has 2 aromatic carbocycles.